The van der Waals surface area contributed by atoms with Crippen LogP contribution >= 0.6 is 11.8 Å². The molecule has 0 atom stereocenters. The normalized spacial score (nSPS) is 9.88. The first-order valence-electron chi connectivity index (χ1n) is 7.25. The molecule has 0 aromatic heterocycles. The highest BCUT2D eigenvalue weighted by molar-refractivity contribution is 7.99. The largest absolute Gasteiger partial charge is 0.493 e. The van der Waals surface area contributed by atoms with Gasteiger partial charge in [0.15, 0.2) is 11.5 Å². The summed E-state index contributed by atoms with van der Waals surface area (Å²) in [5.41, 5.74) is 2.31. The fraction of sp³-hybridized carbons (Fsp3) is 0.222. The number of benzene rings is 2. The predicted molar refractivity (Wildman–Crippen MR) is 95.5 cm³/mol. The first-order valence-corrected chi connectivity index (χ1v) is 8.40. The van der Waals surface area contributed by atoms with Gasteiger partial charge < -0.3 is 14.8 Å². The SMILES string of the molecule is COc1ccc(NC(=O)CSCc2cccc(C#N)c2)cc1OC. The van der Waals surface area contributed by atoms with Crippen LogP contribution < -0.4 is 14.8 Å². The van der Waals surface area contributed by atoms with Crippen LogP contribution in [0.15, 0.2) is 42.5 Å². The molecule has 6 heteroatoms. The molecule has 0 saturated carbocycles. The van der Waals surface area contributed by atoms with Gasteiger partial charge in [0.05, 0.1) is 31.6 Å². The Balaban J connectivity index is 1.86. The van der Waals surface area contributed by atoms with Crippen LogP contribution in [-0.4, -0.2) is 25.9 Å². The minimum absolute atomic E-state index is 0.0938. The fourth-order valence-electron chi connectivity index (χ4n) is 2.10. The Labute approximate surface area is 145 Å². The maximum absolute atomic E-state index is 12.0. The van der Waals surface area contributed by atoms with E-state index in [-0.39, 0.29) is 5.91 Å². The highest BCUT2D eigenvalue weighted by Gasteiger charge is 2.08. The van der Waals surface area contributed by atoms with Gasteiger partial charge in [-0.25, -0.2) is 0 Å². The molecule has 0 saturated heterocycles. The van der Waals surface area contributed by atoms with Gasteiger partial charge >= 0.3 is 0 Å². The molecule has 0 aliphatic heterocycles. The summed E-state index contributed by atoms with van der Waals surface area (Å²) in [6.45, 7) is 0. The minimum atomic E-state index is -0.0938. The number of carbonyl (C=O) groups excluding carboxylic acids is 1. The van der Waals surface area contributed by atoms with Gasteiger partial charge in [0.2, 0.25) is 5.91 Å². The Morgan fingerprint density at radius 3 is 2.67 bits per heavy atom. The first-order chi connectivity index (χ1) is 11.7. The molecule has 2 aromatic carbocycles. The second kappa shape index (κ2) is 8.85. The number of nitrogens with zero attached hydrogens (tertiary/aromatic N) is 1. The van der Waals surface area contributed by atoms with Crippen molar-refractivity contribution in [2.45, 2.75) is 5.75 Å². The molecule has 5 nitrogen and oxygen atoms in total. The fourth-order valence-corrected chi connectivity index (χ4v) is 2.88. The van der Waals surface area contributed by atoms with E-state index in [4.69, 9.17) is 14.7 Å². The van der Waals surface area contributed by atoms with Gasteiger partial charge in [0.1, 0.15) is 0 Å². The van der Waals surface area contributed by atoms with Crippen LogP contribution in [0.2, 0.25) is 0 Å². The van der Waals surface area contributed by atoms with Crippen LogP contribution in [0.3, 0.4) is 0 Å². The Bertz CT molecular complexity index is 756. The van der Waals surface area contributed by atoms with Crippen molar-refractivity contribution in [1.29, 1.82) is 5.26 Å². The molecule has 0 heterocycles. The van der Waals surface area contributed by atoms with Gasteiger partial charge in [0, 0.05) is 17.5 Å². The van der Waals surface area contributed by atoms with E-state index in [9.17, 15) is 4.79 Å². The number of anilines is 1. The summed E-state index contributed by atoms with van der Waals surface area (Å²) in [6, 6.07) is 14.7. The predicted octanol–water partition coefficient (Wildman–Crippen LogP) is 3.45. The third-order valence-corrected chi connectivity index (χ3v) is 4.23. The molecule has 124 valence electrons. The van der Waals surface area contributed by atoms with Gasteiger partial charge in [0.25, 0.3) is 0 Å². The van der Waals surface area contributed by atoms with Crippen molar-refractivity contribution in [3.63, 3.8) is 0 Å². The Hall–Kier alpha value is -2.65. The van der Waals surface area contributed by atoms with Gasteiger partial charge in [-0.05, 0) is 29.8 Å². The number of nitrogens with one attached hydrogen (secondary N) is 1. The summed E-state index contributed by atoms with van der Waals surface area (Å²) >= 11 is 1.49. The van der Waals surface area contributed by atoms with E-state index in [1.807, 2.05) is 18.2 Å². The van der Waals surface area contributed by atoms with E-state index >= 15 is 0 Å². The Morgan fingerprint density at radius 1 is 1.17 bits per heavy atom. The van der Waals surface area contributed by atoms with E-state index in [0.29, 0.717) is 34.3 Å². The third kappa shape index (κ3) is 4.93. The van der Waals surface area contributed by atoms with Crippen molar-refractivity contribution < 1.29 is 14.3 Å². The number of ether oxygens (including phenoxy) is 2. The van der Waals surface area contributed by atoms with Crippen LogP contribution in [-0.2, 0) is 10.5 Å². The molecular formula is C18H18N2O3S. The zero-order valence-electron chi connectivity index (χ0n) is 13.5. The number of hydrogen-bond acceptors (Lipinski definition) is 5. The van der Waals surface area contributed by atoms with Crippen LogP contribution in [0.1, 0.15) is 11.1 Å². The number of thioether (sulfide) groups is 1. The molecule has 0 aliphatic rings. The van der Waals surface area contributed by atoms with E-state index < -0.39 is 0 Å². The smallest absolute Gasteiger partial charge is 0.234 e. The van der Waals surface area contributed by atoms with Gasteiger partial charge in [-0.2, -0.15) is 5.26 Å². The number of methoxy groups -OCH3 is 2. The summed E-state index contributed by atoms with van der Waals surface area (Å²) in [5.74, 6) is 2.09. The highest BCUT2D eigenvalue weighted by atomic mass is 32.2. The first kappa shape index (κ1) is 17.7. The minimum Gasteiger partial charge on any atom is -0.493 e. The van der Waals surface area contributed by atoms with Crippen molar-refractivity contribution >= 4 is 23.4 Å². The van der Waals surface area contributed by atoms with E-state index in [1.54, 1.807) is 38.5 Å². The van der Waals surface area contributed by atoms with E-state index in [1.165, 1.54) is 11.8 Å². The van der Waals surface area contributed by atoms with Crippen LogP contribution in [0.4, 0.5) is 5.69 Å². The summed E-state index contributed by atoms with van der Waals surface area (Å²) in [4.78, 5) is 12.0. The second-order valence-electron chi connectivity index (χ2n) is 4.92. The van der Waals surface area contributed by atoms with Crippen molar-refractivity contribution in [3.8, 4) is 17.6 Å². The van der Waals surface area contributed by atoms with E-state index in [0.717, 1.165) is 5.56 Å². The number of amides is 1. The number of nitriles is 1. The average molecular weight is 342 g/mol. The third-order valence-electron chi connectivity index (χ3n) is 3.23. The zero-order chi connectivity index (χ0) is 17.4. The van der Waals surface area contributed by atoms with Crippen LogP contribution in [0.5, 0.6) is 11.5 Å². The molecule has 0 aliphatic carbocycles. The molecule has 2 rings (SSSR count). The highest BCUT2D eigenvalue weighted by Crippen LogP contribution is 2.29. The molecule has 0 unspecified atom stereocenters. The van der Waals surface area contributed by atoms with Gasteiger partial charge in [-0.15, -0.1) is 11.8 Å². The maximum atomic E-state index is 12.0. The van der Waals surface area contributed by atoms with Crippen molar-refractivity contribution in [2.24, 2.45) is 0 Å². The summed E-state index contributed by atoms with van der Waals surface area (Å²) < 4.78 is 10.4. The lowest BCUT2D eigenvalue weighted by Crippen LogP contribution is -2.14. The topological polar surface area (TPSA) is 71.3 Å². The summed E-state index contributed by atoms with van der Waals surface area (Å²) in [6.07, 6.45) is 0. The van der Waals surface area contributed by atoms with Crippen LogP contribution in [0, 0.1) is 11.3 Å². The van der Waals surface area contributed by atoms with E-state index in [2.05, 4.69) is 11.4 Å². The lowest BCUT2D eigenvalue weighted by molar-refractivity contribution is -0.113. The average Bonchev–Trinajstić information content (AvgIpc) is 2.61. The summed E-state index contributed by atoms with van der Waals surface area (Å²) in [5, 5.41) is 11.7. The molecule has 1 amide bonds. The molecule has 24 heavy (non-hydrogen) atoms. The number of hydrogen-bond donors (Lipinski definition) is 1. The lowest BCUT2D eigenvalue weighted by atomic mass is 10.2. The van der Waals surface area contributed by atoms with Crippen molar-refractivity contribution in [3.05, 3.63) is 53.6 Å². The summed E-state index contributed by atoms with van der Waals surface area (Å²) in [7, 11) is 3.11. The molecular weight excluding hydrogens is 324 g/mol. The molecule has 1 N–H and O–H groups in total. The second-order valence-corrected chi connectivity index (χ2v) is 5.91. The molecule has 0 spiro atoms. The Kier molecular flexibility index (Phi) is 6.52. The molecule has 2 aromatic rings. The van der Waals surface area contributed by atoms with Gasteiger partial charge in [-0.1, -0.05) is 12.1 Å². The van der Waals surface area contributed by atoms with Crippen molar-refractivity contribution in [2.75, 3.05) is 25.3 Å². The van der Waals surface area contributed by atoms with Crippen LogP contribution in [0.25, 0.3) is 0 Å². The van der Waals surface area contributed by atoms with Crippen molar-refractivity contribution in [1.82, 2.24) is 0 Å². The molecule has 0 fully saturated rings. The molecule has 0 radical (unpaired) electrons. The lowest BCUT2D eigenvalue weighted by Gasteiger charge is -2.10. The van der Waals surface area contributed by atoms with Gasteiger partial charge in [-0.3, -0.25) is 4.79 Å². The monoisotopic (exact) mass is 342 g/mol. The zero-order valence-corrected chi connectivity index (χ0v) is 14.4. The number of carbonyl (C=O) groups is 1. The number of rotatable bonds is 7. The molecule has 0 bridgehead atoms. The quantitative estimate of drug-likeness (QED) is 0.834. The standard InChI is InChI=1S/C18H18N2O3S/c1-22-16-7-6-15(9-17(16)23-2)20-18(21)12-24-11-14-5-3-4-13(8-14)10-19/h3-9H,11-12H2,1-2H3,(H,20,21). The maximum Gasteiger partial charge on any atom is 0.234 e. The Morgan fingerprint density at radius 2 is 1.96 bits per heavy atom.